The Morgan fingerprint density at radius 1 is 0.500 bits per heavy atom. The molecule has 0 unspecified atom stereocenters. The van der Waals surface area contributed by atoms with Gasteiger partial charge in [-0.2, -0.15) is 0 Å². The fourth-order valence-corrected chi connectivity index (χ4v) is 1.83. The van der Waals surface area contributed by atoms with Crippen LogP contribution in [0.4, 0.5) is 0 Å². The van der Waals surface area contributed by atoms with Gasteiger partial charge in [-0.3, -0.25) is 0 Å². The Hall–Kier alpha value is -1.88. The first kappa shape index (κ1) is 71.8. The molecule has 0 saturated heterocycles. The Morgan fingerprint density at radius 2 is 0.636 bits per heavy atom. The molecule has 0 amide bonds. The summed E-state index contributed by atoms with van der Waals surface area (Å²) in [5.41, 5.74) is 0. The van der Waals surface area contributed by atoms with Crippen molar-refractivity contribution in [3.05, 3.63) is 30.3 Å². The van der Waals surface area contributed by atoms with Crippen LogP contribution < -0.4 is 0 Å². The van der Waals surface area contributed by atoms with E-state index in [1.807, 2.05) is 0 Å². The quantitative estimate of drug-likeness (QED) is 0.170. The van der Waals surface area contributed by atoms with E-state index in [1.54, 1.807) is 0 Å². The van der Waals surface area contributed by atoms with Gasteiger partial charge in [0.05, 0.1) is 0 Å². The van der Waals surface area contributed by atoms with Gasteiger partial charge in [0, 0.05) is 0 Å². The first-order chi connectivity index (χ1) is 5.91. The zero-order valence-corrected chi connectivity index (χ0v) is 13.4. The van der Waals surface area contributed by atoms with Gasteiger partial charge in [-0.25, -0.2) is 0 Å². The molecule has 0 aromatic heterocycles. The van der Waals surface area contributed by atoms with Crippen molar-refractivity contribution in [3.63, 3.8) is 0 Å². The van der Waals surface area contributed by atoms with E-state index >= 15 is 0 Å². The zero-order valence-electron chi connectivity index (χ0n) is 9.96. The molecule has 22 heteroatoms. The normalized spacial score (nSPS) is 5.32. The van der Waals surface area contributed by atoms with Gasteiger partial charge in [0.25, 0.3) is 0 Å². The molecule has 0 bridgehead atoms. The molecule has 0 aliphatic rings. The summed E-state index contributed by atoms with van der Waals surface area (Å²) >= 11 is -4.64. The van der Waals surface area contributed by atoms with Gasteiger partial charge < -0.3 is 49.3 Å². The van der Waals surface area contributed by atoms with Crippen molar-refractivity contribution in [3.8, 4) is 0 Å². The Bertz CT molecular complexity index is 188. The van der Waals surface area contributed by atoms with Crippen LogP contribution in [0.5, 0.6) is 0 Å². The molecule has 0 radical (unpaired) electrons. The van der Waals surface area contributed by atoms with E-state index in [0.29, 0.717) is 0 Å². The topological polar surface area (TPSA) is 441 Å². The predicted molar refractivity (Wildman–Crippen MR) is 62.5 cm³/mol. The predicted octanol–water partition coefficient (Wildman–Crippen LogP) is -8.83. The van der Waals surface area contributed by atoms with Gasteiger partial charge >= 0.3 is 77.4 Å². The molecule has 0 rings (SSSR count). The fourth-order valence-electron chi connectivity index (χ4n) is 0.208. The average molecular weight is 557 g/mol. The zero-order chi connectivity index (χ0) is 10.4. The van der Waals surface area contributed by atoms with E-state index in [4.69, 9.17) is 0 Å². The van der Waals surface area contributed by atoms with Crippen molar-refractivity contribution in [1.82, 2.24) is 0 Å². The molecule has 0 atom stereocenters. The summed E-state index contributed by atoms with van der Waals surface area (Å²) in [5, 5.41) is 24.4. The van der Waals surface area contributed by atoms with E-state index in [1.165, 1.54) is 0 Å². The van der Waals surface area contributed by atoms with Crippen LogP contribution in [0.2, 0.25) is 0 Å². The second kappa shape index (κ2) is 36.5. The molecule has 0 saturated carbocycles. The van der Waals surface area contributed by atoms with Crippen molar-refractivity contribution in [2.75, 3.05) is 0 Å². The molecular weight excluding hydrogens is 539 g/mol. The van der Waals surface area contributed by atoms with Crippen LogP contribution in [0.15, 0.2) is 0 Å². The molecule has 22 heavy (non-hydrogen) atoms. The monoisotopic (exact) mass is 557 g/mol. The Morgan fingerprint density at radius 3 is 0.727 bits per heavy atom. The molecule has 0 aromatic carbocycles. The Labute approximate surface area is 127 Å². The minimum atomic E-state index is -4.64. The number of hydrogen-bond acceptors (Lipinski definition) is 9. The van der Waals surface area contributed by atoms with E-state index in [9.17, 15) is 30.3 Å². The third kappa shape index (κ3) is 51.9. The van der Waals surface area contributed by atoms with Crippen molar-refractivity contribution in [2.24, 2.45) is 0 Å². The first-order valence-corrected chi connectivity index (χ1v) is 6.45. The molecule has 18 N–H and O–H groups in total. The first-order valence-electron chi connectivity index (χ1n) is 2.19. The summed E-state index contributed by atoms with van der Waals surface area (Å²) in [5.74, 6) is 0. The van der Waals surface area contributed by atoms with Crippen molar-refractivity contribution in [2.45, 2.75) is 0 Å². The van der Waals surface area contributed by atoms with E-state index in [2.05, 4.69) is 8.74 Å². The summed E-state index contributed by atoms with van der Waals surface area (Å²) in [6.07, 6.45) is 0. The van der Waals surface area contributed by atoms with Gasteiger partial charge in [-0.15, -0.1) is 0 Å². The van der Waals surface area contributed by atoms with Crippen LogP contribution in [0.25, 0.3) is 0 Å². The molecule has 0 aromatic rings. The molecule has 146 valence electrons. The van der Waals surface area contributed by atoms with Crippen LogP contribution >= 0.6 is 0 Å². The van der Waals surface area contributed by atoms with Gasteiger partial charge in [-0.1, -0.05) is 0 Å². The van der Waals surface area contributed by atoms with Crippen LogP contribution in [-0.4, -0.2) is 87.6 Å². The van der Waals surface area contributed by atoms with E-state index < -0.39 is 38.3 Å². The second-order valence-corrected chi connectivity index (χ2v) is 4.78. The summed E-state index contributed by atoms with van der Waals surface area (Å²) in [4.78, 5) is 28.8. The maximum absolute atomic E-state index is 9.60. The minimum absolute atomic E-state index is 0. The van der Waals surface area contributed by atoms with Crippen molar-refractivity contribution in [1.29, 1.82) is 0 Å². The number of rotatable bonds is 6. The SMILES string of the molecule is O.O.O.O.O.O.O.O.O.O=[N+]([O-])[O][Bi]([O][N+](=O)[O-])[O][N+](=O)[O-]. The summed E-state index contributed by atoms with van der Waals surface area (Å²) < 4.78 is 10.4. The summed E-state index contributed by atoms with van der Waals surface area (Å²) in [6, 6.07) is 0. The van der Waals surface area contributed by atoms with Gasteiger partial charge in [0.15, 0.2) is 0 Å². The third-order valence-electron chi connectivity index (χ3n) is 0.400. The molecule has 0 aliphatic heterocycles. The maximum atomic E-state index is 9.60. The average Bonchev–Trinajstić information content (AvgIpc) is 1.80. The molecule has 0 spiro atoms. The third-order valence-corrected chi connectivity index (χ3v) is 3.51. The molecule has 0 aliphatic carbocycles. The summed E-state index contributed by atoms with van der Waals surface area (Å²) in [7, 11) is 0. The molecule has 21 nitrogen and oxygen atoms in total. The van der Waals surface area contributed by atoms with Crippen molar-refractivity contribution < 1.29 is 73.3 Å². The second-order valence-electron chi connectivity index (χ2n) is 1.14. The van der Waals surface area contributed by atoms with Gasteiger partial charge in [0.1, 0.15) is 0 Å². The number of nitrogens with zero attached hydrogens (tertiary/aromatic N) is 3. The molecule has 0 heterocycles. The van der Waals surface area contributed by atoms with E-state index in [-0.39, 0.29) is 49.3 Å². The molecular formula is H18BiN3O18. The van der Waals surface area contributed by atoms with Crippen LogP contribution in [0.3, 0.4) is 0 Å². The van der Waals surface area contributed by atoms with E-state index in [0.717, 1.165) is 0 Å². The fraction of sp³-hybridized carbons (Fsp3) is 0. The standard InChI is InChI=1S/Bi.3NO3.9H2O/c;3*2-1(3)4;;;;;;;;;/h;;;;9*1H2/q+3;3*-1;;;;;;;;;. The van der Waals surface area contributed by atoms with Gasteiger partial charge in [-0.05, 0) is 0 Å². The number of hydrogen-bond donors (Lipinski definition) is 0. The van der Waals surface area contributed by atoms with Crippen LogP contribution in [0.1, 0.15) is 0 Å². The van der Waals surface area contributed by atoms with Crippen LogP contribution in [0, 0.1) is 30.3 Å². The Kier molecular flexibility index (Phi) is 119. The van der Waals surface area contributed by atoms with Crippen LogP contribution in [-0.2, 0) is 8.74 Å². The van der Waals surface area contributed by atoms with Crippen molar-refractivity contribution >= 4 is 23.1 Å². The Balaban J connectivity index is -0.0000000200. The summed E-state index contributed by atoms with van der Waals surface area (Å²) in [6.45, 7) is 0. The van der Waals surface area contributed by atoms with Gasteiger partial charge in [0.2, 0.25) is 0 Å². The molecule has 0 fully saturated rings.